The zero-order valence-corrected chi connectivity index (χ0v) is 11.5. The van der Waals surface area contributed by atoms with Crippen molar-refractivity contribution in [3.8, 4) is 0 Å². The van der Waals surface area contributed by atoms with E-state index in [9.17, 15) is 0 Å². The van der Waals surface area contributed by atoms with Gasteiger partial charge < -0.3 is 14.2 Å². The van der Waals surface area contributed by atoms with E-state index in [1.807, 2.05) is 13.8 Å². The number of rotatable bonds is 8. The maximum Gasteiger partial charge on any atom is 0.159 e. The minimum Gasteiger partial charge on any atom is -0.378 e. The second-order valence-electron chi connectivity index (χ2n) is 4.61. The van der Waals surface area contributed by atoms with Gasteiger partial charge >= 0.3 is 0 Å². The van der Waals surface area contributed by atoms with Crippen LogP contribution in [0.4, 0.5) is 0 Å². The highest BCUT2D eigenvalue weighted by atomic mass is 16.7. The van der Waals surface area contributed by atoms with E-state index < -0.39 is 0 Å². The number of hydrogen-bond donors (Lipinski definition) is 0. The topological polar surface area (TPSA) is 27.7 Å². The van der Waals surface area contributed by atoms with Crippen molar-refractivity contribution < 1.29 is 14.2 Å². The second kappa shape index (κ2) is 9.86. The molecule has 0 heterocycles. The summed E-state index contributed by atoms with van der Waals surface area (Å²) in [5.41, 5.74) is 0. The molecule has 0 unspecified atom stereocenters. The summed E-state index contributed by atoms with van der Waals surface area (Å²) in [6, 6.07) is 0. The van der Waals surface area contributed by atoms with Gasteiger partial charge in [-0.25, -0.2) is 0 Å². The molecular weight excluding hydrogens is 216 g/mol. The van der Waals surface area contributed by atoms with Crippen molar-refractivity contribution in [3.63, 3.8) is 0 Å². The maximum absolute atomic E-state index is 5.93. The Morgan fingerprint density at radius 3 is 2.06 bits per heavy atom. The molecule has 0 radical (unpaired) electrons. The molecule has 1 fully saturated rings. The van der Waals surface area contributed by atoms with Gasteiger partial charge in [0, 0.05) is 19.6 Å². The first-order valence-corrected chi connectivity index (χ1v) is 7.21. The summed E-state index contributed by atoms with van der Waals surface area (Å²) in [7, 11) is 0. The minimum atomic E-state index is -0.0872. The highest BCUT2D eigenvalue weighted by Crippen LogP contribution is 2.20. The lowest BCUT2D eigenvalue weighted by molar-refractivity contribution is -0.149. The summed E-state index contributed by atoms with van der Waals surface area (Å²) in [5, 5.41) is 0. The van der Waals surface area contributed by atoms with Gasteiger partial charge in [-0.15, -0.1) is 0 Å². The molecule has 0 aromatic heterocycles. The Labute approximate surface area is 106 Å². The SMILES string of the molecule is CCOC(CCOC1CCCCCC1)OCC. The standard InChI is InChI=1S/C14H28O3/c1-3-15-14(16-4-2)11-12-17-13-9-7-5-6-8-10-13/h13-14H,3-12H2,1-2H3. The van der Waals surface area contributed by atoms with Crippen molar-refractivity contribution in [3.05, 3.63) is 0 Å². The quantitative estimate of drug-likeness (QED) is 0.483. The lowest BCUT2D eigenvalue weighted by atomic mass is 10.1. The Morgan fingerprint density at radius 2 is 1.53 bits per heavy atom. The van der Waals surface area contributed by atoms with Gasteiger partial charge in [0.1, 0.15) is 0 Å². The van der Waals surface area contributed by atoms with Crippen molar-refractivity contribution in [2.24, 2.45) is 0 Å². The van der Waals surface area contributed by atoms with Gasteiger partial charge in [0.05, 0.1) is 12.7 Å². The lowest BCUT2D eigenvalue weighted by Crippen LogP contribution is -2.21. The summed E-state index contributed by atoms with van der Waals surface area (Å²) in [4.78, 5) is 0. The van der Waals surface area contributed by atoms with Gasteiger partial charge in [0.15, 0.2) is 6.29 Å². The van der Waals surface area contributed by atoms with E-state index in [1.165, 1.54) is 38.5 Å². The van der Waals surface area contributed by atoms with E-state index in [1.54, 1.807) is 0 Å². The zero-order chi connectivity index (χ0) is 12.3. The molecule has 1 rings (SSSR count). The minimum absolute atomic E-state index is 0.0872. The van der Waals surface area contributed by atoms with Crippen molar-refractivity contribution in [2.75, 3.05) is 19.8 Å². The molecule has 17 heavy (non-hydrogen) atoms. The fourth-order valence-electron chi connectivity index (χ4n) is 2.33. The van der Waals surface area contributed by atoms with E-state index in [0.717, 1.165) is 13.0 Å². The van der Waals surface area contributed by atoms with Gasteiger partial charge in [-0.1, -0.05) is 25.7 Å². The third kappa shape index (κ3) is 7.02. The third-order valence-electron chi connectivity index (χ3n) is 3.21. The molecule has 0 saturated heterocycles. The summed E-state index contributed by atoms with van der Waals surface area (Å²) in [5.74, 6) is 0. The second-order valence-corrected chi connectivity index (χ2v) is 4.61. The average molecular weight is 244 g/mol. The largest absolute Gasteiger partial charge is 0.378 e. The molecule has 0 spiro atoms. The normalized spacial score (nSPS) is 18.5. The van der Waals surface area contributed by atoms with E-state index in [4.69, 9.17) is 14.2 Å². The predicted octanol–water partition coefficient (Wildman–Crippen LogP) is 3.52. The van der Waals surface area contributed by atoms with Crippen LogP contribution in [0.5, 0.6) is 0 Å². The molecular formula is C14H28O3. The Hall–Kier alpha value is -0.120. The third-order valence-corrected chi connectivity index (χ3v) is 3.21. The van der Waals surface area contributed by atoms with Crippen LogP contribution in [0.15, 0.2) is 0 Å². The molecule has 1 aliphatic rings. The average Bonchev–Trinajstić information content (AvgIpc) is 2.58. The van der Waals surface area contributed by atoms with Crippen molar-refractivity contribution >= 4 is 0 Å². The van der Waals surface area contributed by atoms with Crippen LogP contribution in [-0.4, -0.2) is 32.2 Å². The molecule has 0 bridgehead atoms. The molecule has 1 aliphatic carbocycles. The van der Waals surface area contributed by atoms with Crippen molar-refractivity contribution in [1.82, 2.24) is 0 Å². The maximum atomic E-state index is 5.93. The number of ether oxygens (including phenoxy) is 3. The summed E-state index contributed by atoms with van der Waals surface area (Å²) in [6.07, 6.45) is 9.09. The molecule has 0 N–H and O–H groups in total. The van der Waals surface area contributed by atoms with E-state index >= 15 is 0 Å². The smallest absolute Gasteiger partial charge is 0.159 e. The highest BCUT2D eigenvalue weighted by molar-refractivity contribution is 4.64. The first-order valence-electron chi connectivity index (χ1n) is 7.21. The Balaban J connectivity index is 2.10. The fraction of sp³-hybridized carbons (Fsp3) is 1.00. The van der Waals surface area contributed by atoms with E-state index in [2.05, 4.69) is 0 Å². The first kappa shape index (κ1) is 14.9. The predicted molar refractivity (Wildman–Crippen MR) is 69.1 cm³/mol. The molecule has 0 aliphatic heterocycles. The molecule has 0 atom stereocenters. The fourth-order valence-corrected chi connectivity index (χ4v) is 2.33. The van der Waals surface area contributed by atoms with Crippen LogP contribution in [0.3, 0.4) is 0 Å². The Morgan fingerprint density at radius 1 is 0.941 bits per heavy atom. The Bertz CT molecular complexity index is 157. The Kier molecular flexibility index (Phi) is 8.67. The van der Waals surface area contributed by atoms with Gasteiger partial charge in [-0.2, -0.15) is 0 Å². The van der Waals surface area contributed by atoms with Gasteiger partial charge in [0.25, 0.3) is 0 Å². The molecule has 0 amide bonds. The molecule has 0 aromatic carbocycles. The monoisotopic (exact) mass is 244 g/mol. The summed E-state index contributed by atoms with van der Waals surface area (Å²) >= 11 is 0. The molecule has 0 aromatic rings. The van der Waals surface area contributed by atoms with Gasteiger partial charge in [0.2, 0.25) is 0 Å². The number of hydrogen-bond acceptors (Lipinski definition) is 3. The lowest BCUT2D eigenvalue weighted by Gasteiger charge is -2.19. The summed E-state index contributed by atoms with van der Waals surface area (Å²) < 4.78 is 16.9. The highest BCUT2D eigenvalue weighted by Gasteiger charge is 2.14. The van der Waals surface area contributed by atoms with Crippen LogP contribution in [0.2, 0.25) is 0 Å². The van der Waals surface area contributed by atoms with Crippen LogP contribution in [0.25, 0.3) is 0 Å². The van der Waals surface area contributed by atoms with Gasteiger partial charge in [-0.3, -0.25) is 0 Å². The van der Waals surface area contributed by atoms with Gasteiger partial charge in [-0.05, 0) is 26.7 Å². The van der Waals surface area contributed by atoms with Crippen LogP contribution in [0, 0.1) is 0 Å². The van der Waals surface area contributed by atoms with Crippen molar-refractivity contribution in [2.45, 2.75) is 71.2 Å². The van der Waals surface area contributed by atoms with Crippen LogP contribution in [0.1, 0.15) is 58.8 Å². The zero-order valence-electron chi connectivity index (χ0n) is 11.5. The molecule has 102 valence electrons. The van der Waals surface area contributed by atoms with Crippen LogP contribution in [-0.2, 0) is 14.2 Å². The molecule has 1 saturated carbocycles. The first-order chi connectivity index (χ1) is 8.36. The van der Waals surface area contributed by atoms with E-state index in [0.29, 0.717) is 19.3 Å². The van der Waals surface area contributed by atoms with E-state index in [-0.39, 0.29) is 6.29 Å². The van der Waals surface area contributed by atoms with Crippen molar-refractivity contribution in [1.29, 1.82) is 0 Å². The molecule has 3 heteroatoms. The molecule has 3 nitrogen and oxygen atoms in total. The summed E-state index contributed by atoms with van der Waals surface area (Å²) in [6.45, 7) is 6.16. The van der Waals surface area contributed by atoms with Crippen LogP contribution >= 0.6 is 0 Å². The van der Waals surface area contributed by atoms with Crippen LogP contribution < -0.4 is 0 Å².